The molecule has 0 bridgehead atoms. The molecule has 4 rings (SSSR count). The van der Waals surface area contributed by atoms with Gasteiger partial charge in [0, 0.05) is 5.56 Å². The third-order valence-corrected chi connectivity index (χ3v) is 5.74. The van der Waals surface area contributed by atoms with Crippen molar-refractivity contribution in [3.05, 3.63) is 89.0 Å². The van der Waals surface area contributed by atoms with E-state index in [9.17, 15) is 19.8 Å². The molecule has 1 aliphatic rings. The number of anilines is 1. The predicted molar refractivity (Wildman–Crippen MR) is 128 cm³/mol. The lowest BCUT2D eigenvalue weighted by molar-refractivity contribution is -0.132. The number of carbonyl (C=O) groups excluding carboxylic acids is 2. The van der Waals surface area contributed by atoms with Crippen LogP contribution in [0, 0.1) is 6.92 Å². The van der Waals surface area contributed by atoms with E-state index < -0.39 is 17.7 Å². The molecule has 1 aliphatic heterocycles. The number of Topliss-reactive ketones (excluding diaryl/α,β-unsaturated/α-hetero) is 1. The number of hydrogen-bond acceptors (Lipinski definition) is 6. The molecule has 7 nitrogen and oxygen atoms in total. The number of hydrogen-bond donors (Lipinski definition) is 2. The Labute approximate surface area is 197 Å². The predicted octanol–water partition coefficient (Wildman–Crippen LogP) is 4.73. The number of amides is 1. The Hall–Kier alpha value is -4.26. The lowest BCUT2D eigenvalue weighted by Crippen LogP contribution is -2.29. The zero-order valence-corrected chi connectivity index (χ0v) is 19.1. The number of rotatable bonds is 6. The molecule has 0 aromatic heterocycles. The lowest BCUT2D eigenvalue weighted by atomic mass is 9.94. The van der Waals surface area contributed by atoms with Gasteiger partial charge >= 0.3 is 0 Å². The second-order valence-electron chi connectivity index (χ2n) is 7.85. The van der Waals surface area contributed by atoms with Gasteiger partial charge in [-0.3, -0.25) is 14.5 Å². The van der Waals surface area contributed by atoms with Crippen molar-refractivity contribution in [1.29, 1.82) is 0 Å². The molecule has 174 valence electrons. The van der Waals surface area contributed by atoms with E-state index in [-0.39, 0.29) is 22.8 Å². The molecule has 1 saturated heterocycles. The van der Waals surface area contributed by atoms with Crippen LogP contribution in [0.1, 0.15) is 29.7 Å². The minimum atomic E-state index is -0.977. The van der Waals surface area contributed by atoms with Crippen LogP contribution in [-0.2, 0) is 9.59 Å². The van der Waals surface area contributed by atoms with Gasteiger partial charge in [-0.25, -0.2) is 0 Å². The Morgan fingerprint density at radius 1 is 1.03 bits per heavy atom. The van der Waals surface area contributed by atoms with Crippen LogP contribution in [0.15, 0.2) is 72.3 Å². The molecular weight excluding hydrogens is 434 g/mol. The number of phenols is 1. The second-order valence-corrected chi connectivity index (χ2v) is 7.85. The van der Waals surface area contributed by atoms with Gasteiger partial charge < -0.3 is 19.7 Å². The zero-order chi connectivity index (χ0) is 24.4. The molecule has 3 aromatic carbocycles. The van der Waals surface area contributed by atoms with E-state index in [0.29, 0.717) is 29.2 Å². The quantitative estimate of drug-likeness (QED) is 0.314. The fraction of sp³-hybridized carbons (Fsp3) is 0.185. The van der Waals surface area contributed by atoms with Crippen LogP contribution in [0.25, 0.3) is 5.76 Å². The molecule has 3 aromatic rings. The number of para-hydroxylation sites is 2. The van der Waals surface area contributed by atoms with Crippen LogP contribution in [0.2, 0.25) is 0 Å². The monoisotopic (exact) mass is 459 g/mol. The number of aromatic hydroxyl groups is 1. The van der Waals surface area contributed by atoms with Gasteiger partial charge in [0.15, 0.2) is 0 Å². The third kappa shape index (κ3) is 3.96. The molecule has 0 aliphatic carbocycles. The second kappa shape index (κ2) is 9.31. The Morgan fingerprint density at radius 3 is 2.47 bits per heavy atom. The van der Waals surface area contributed by atoms with Crippen LogP contribution >= 0.6 is 0 Å². The Balaban J connectivity index is 1.94. The number of carbonyl (C=O) groups is 2. The summed E-state index contributed by atoms with van der Waals surface area (Å²) >= 11 is 0. The van der Waals surface area contributed by atoms with E-state index in [2.05, 4.69) is 0 Å². The smallest absolute Gasteiger partial charge is 0.300 e. The summed E-state index contributed by atoms with van der Waals surface area (Å²) in [6.07, 6.45) is 0. The van der Waals surface area contributed by atoms with Crippen molar-refractivity contribution in [1.82, 2.24) is 0 Å². The maximum Gasteiger partial charge on any atom is 0.300 e. The van der Waals surface area contributed by atoms with Crippen molar-refractivity contribution in [2.24, 2.45) is 0 Å². The first-order valence-corrected chi connectivity index (χ1v) is 10.8. The van der Waals surface area contributed by atoms with Gasteiger partial charge in [-0.05, 0) is 67.4 Å². The minimum Gasteiger partial charge on any atom is -0.507 e. The third-order valence-electron chi connectivity index (χ3n) is 5.74. The van der Waals surface area contributed by atoms with E-state index in [1.54, 1.807) is 60.7 Å². The van der Waals surface area contributed by atoms with E-state index in [4.69, 9.17) is 9.47 Å². The van der Waals surface area contributed by atoms with Gasteiger partial charge in [-0.2, -0.15) is 0 Å². The Morgan fingerprint density at radius 2 is 1.79 bits per heavy atom. The van der Waals surface area contributed by atoms with Gasteiger partial charge in [-0.15, -0.1) is 0 Å². The lowest BCUT2D eigenvalue weighted by Gasteiger charge is -2.26. The molecule has 1 fully saturated rings. The summed E-state index contributed by atoms with van der Waals surface area (Å²) in [5.41, 5.74) is 1.79. The molecule has 1 unspecified atom stereocenters. The highest BCUT2D eigenvalue weighted by Crippen LogP contribution is 2.45. The number of benzene rings is 3. The minimum absolute atomic E-state index is 0.0786. The molecule has 1 heterocycles. The SMILES string of the molecule is CCOc1ccc(/C(O)=C2/C(=O)C(=O)N(c3ccccc3O)C2c2cccc(OC)c2)cc1C. The summed E-state index contributed by atoms with van der Waals surface area (Å²) in [5.74, 6) is -0.974. The van der Waals surface area contributed by atoms with E-state index in [1.165, 1.54) is 18.1 Å². The first kappa shape index (κ1) is 22.9. The van der Waals surface area contributed by atoms with Gasteiger partial charge in [0.25, 0.3) is 11.7 Å². The van der Waals surface area contributed by atoms with Crippen LogP contribution in [0.4, 0.5) is 5.69 Å². The van der Waals surface area contributed by atoms with Crippen LogP contribution < -0.4 is 14.4 Å². The number of aryl methyl sites for hydroxylation is 1. The maximum absolute atomic E-state index is 13.3. The molecule has 34 heavy (non-hydrogen) atoms. The molecule has 1 atom stereocenters. The number of aliphatic hydroxyl groups is 1. The van der Waals surface area contributed by atoms with Crippen molar-refractivity contribution in [3.63, 3.8) is 0 Å². The standard InChI is InChI=1S/C27H25NO6/c1-4-34-22-13-12-18(14-16(22)2)25(30)23-24(17-8-7-9-19(15-17)33-3)28(27(32)26(23)31)20-10-5-6-11-21(20)29/h5-15,24,29-30H,4H2,1-3H3/b25-23-. The number of ether oxygens (including phenoxy) is 2. The molecule has 2 N–H and O–H groups in total. The van der Waals surface area contributed by atoms with Gasteiger partial charge in [0.2, 0.25) is 0 Å². The molecular formula is C27H25NO6. The summed E-state index contributed by atoms with van der Waals surface area (Å²) in [4.78, 5) is 27.7. The van der Waals surface area contributed by atoms with Gasteiger partial charge in [0.1, 0.15) is 23.0 Å². The summed E-state index contributed by atoms with van der Waals surface area (Å²) < 4.78 is 10.9. The van der Waals surface area contributed by atoms with Crippen molar-refractivity contribution in [3.8, 4) is 17.2 Å². The molecule has 0 radical (unpaired) electrons. The van der Waals surface area contributed by atoms with Gasteiger partial charge in [-0.1, -0.05) is 24.3 Å². The van der Waals surface area contributed by atoms with Crippen molar-refractivity contribution in [2.75, 3.05) is 18.6 Å². The fourth-order valence-electron chi connectivity index (χ4n) is 4.15. The van der Waals surface area contributed by atoms with Crippen molar-refractivity contribution < 1.29 is 29.3 Å². The van der Waals surface area contributed by atoms with Crippen LogP contribution in [0.3, 0.4) is 0 Å². The maximum atomic E-state index is 13.3. The Bertz CT molecular complexity index is 1300. The molecule has 7 heteroatoms. The topological polar surface area (TPSA) is 96.3 Å². The van der Waals surface area contributed by atoms with E-state index in [0.717, 1.165) is 5.56 Å². The van der Waals surface area contributed by atoms with E-state index in [1.807, 2.05) is 13.8 Å². The first-order valence-electron chi connectivity index (χ1n) is 10.8. The van der Waals surface area contributed by atoms with Gasteiger partial charge in [0.05, 0.1) is 31.0 Å². The average Bonchev–Trinajstić information content (AvgIpc) is 3.10. The number of ketones is 1. The number of aliphatic hydroxyl groups excluding tert-OH is 1. The van der Waals surface area contributed by atoms with Crippen LogP contribution in [0.5, 0.6) is 17.2 Å². The molecule has 1 amide bonds. The number of phenolic OH excluding ortho intramolecular Hbond substituents is 1. The molecule has 0 saturated carbocycles. The Kier molecular flexibility index (Phi) is 6.27. The van der Waals surface area contributed by atoms with Crippen LogP contribution in [-0.4, -0.2) is 35.6 Å². The highest BCUT2D eigenvalue weighted by atomic mass is 16.5. The average molecular weight is 459 g/mol. The summed E-state index contributed by atoms with van der Waals surface area (Å²) in [6, 6.07) is 17.3. The highest BCUT2D eigenvalue weighted by molar-refractivity contribution is 6.51. The summed E-state index contributed by atoms with van der Waals surface area (Å²) in [5, 5.41) is 21.8. The largest absolute Gasteiger partial charge is 0.507 e. The van der Waals surface area contributed by atoms with E-state index >= 15 is 0 Å². The number of methoxy groups -OCH3 is 1. The van der Waals surface area contributed by atoms with Crippen molar-refractivity contribution in [2.45, 2.75) is 19.9 Å². The summed E-state index contributed by atoms with van der Waals surface area (Å²) in [6.45, 7) is 4.21. The summed E-state index contributed by atoms with van der Waals surface area (Å²) in [7, 11) is 1.52. The highest BCUT2D eigenvalue weighted by Gasteiger charge is 2.47. The first-order chi connectivity index (χ1) is 16.4. The fourth-order valence-corrected chi connectivity index (χ4v) is 4.15. The normalized spacial score (nSPS) is 17.1. The zero-order valence-electron chi connectivity index (χ0n) is 19.1. The van der Waals surface area contributed by atoms with Crippen molar-refractivity contribution >= 4 is 23.1 Å². The molecule has 0 spiro atoms. The number of nitrogens with zero attached hydrogens (tertiary/aromatic N) is 1.